The fourth-order valence-corrected chi connectivity index (χ4v) is 6.11. The molecule has 0 bridgehead atoms. The van der Waals surface area contributed by atoms with Crippen LogP contribution in [-0.4, -0.2) is 91.9 Å². The number of fused-ring (bicyclic) bond motifs is 2. The number of hydrogen-bond donors (Lipinski definition) is 1. The summed E-state index contributed by atoms with van der Waals surface area (Å²) in [4.78, 5) is 37.9. The van der Waals surface area contributed by atoms with E-state index in [1.54, 1.807) is 25.2 Å². The van der Waals surface area contributed by atoms with Crippen molar-refractivity contribution in [2.45, 2.75) is 31.7 Å². The first-order valence-corrected chi connectivity index (χ1v) is 13.5. The van der Waals surface area contributed by atoms with E-state index in [1.165, 1.54) is 11.8 Å². The van der Waals surface area contributed by atoms with Crippen LogP contribution < -0.4 is 14.7 Å². The van der Waals surface area contributed by atoms with Gasteiger partial charge in [0.05, 0.1) is 41.3 Å². The minimum atomic E-state index is -4.64. The molecule has 3 atom stereocenters. The topological polar surface area (TPSA) is 89.5 Å². The Balaban J connectivity index is 1.52. The van der Waals surface area contributed by atoms with E-state index in [-0.39, 0.29) is 31.0 Å². The molecule has 40 heavy (non-hydrogen) atoms. The number of nitrogens with zero attached hydrogens (tertiary/aromatic N) is 5. The summed E-state index contributed by atoms with van der Waals surface area (Å²) in [5.41, 5.74) is 0.168. The molecule has 3 aliphatic heterocycles. The largest absolute Gasteiger partial charge is 0.416 e. The quantitative estimate of drug-likeness (QED) is 0.581. The van der Waals surface area contributed by atoms with Gasteiger partial charge in [0.15, 0.2) is 0 Å². The molecule has 2 fully saturated rings. The van der Waals surface area contributed by atoms with Gasteiger partial charge >= 0.3 is 6.18 Å². The average Bonchev–Trinajstić information content (AvgIpc) is 3.21. The van der Waals surface area contributed by atoms with Gasteiger partial charge in [0.25, 0.3) is 0 Å². The highest BCUT2D eigenvalue weighted by Crippen LogP contribution is 2.43. The van der Waals surface area contributed by atoms with Crippen molar-refractivity contribution >= 4 is 40.6 Å². The standard InChI is InChI=1S/C27H31ClF3N5O4/c1-16-10-18(27(29,30)31)12-22(32-16)36-23(38)11-17-13-35(15-19(37)14-34-6-8-40-9-7-34)25-20(28)4-3-5-21(25)33(2)26(39)24(17)36/h3-5,10,12,17,19,24,37H,6-9,11,13-15H2,1-2H3/t17-,19?,24+/m1/s1. The summed E-state index contributed by atoms with van der Waals surface area (Å²) in [6, 6.07) is 5.74. The van der Waals surface area contributed by atoms with Crippen LogP contribution in [0, 0.1) is 12.8 Å². The lowest BCUT2D eigenvalue weighted by Crippen LogP contribution is -2.53. The van der Waals surface area contributed by atoms with E-state index in [0.29, 0.717) is 49.2 Å². The van der Waals surface area contributed by atoms with Crippen LogP contribution in [-0.2, 0) is 20.5 Å². The second-order valence-electron chi connectivity index (χ2n) is 10.5. The molecular formula is C27H31ClF3N5O4. The van der Waals surface area contributed by atoms with Gasteiger partial charge in [0.2, 0.25) is 11.8 Å². The summed E-state index contributed by atoms with van der Waals surface area (Å²) in [7, 11) is 1.55. The van der Waals surface area contributed by atoms with Crippen LogP contribution in [0.25, 0.3) is 0 Å². The minimum absolute atomic E-state index is 0.0724. The molecule has 4 heterocycles. The maximum absolute atomic E-state index is 13.9. The fraction of sp³-hybridized carbons (Fsp3) is 0.519. The van der Waals surface area contributed by atoms with Crippen LogP contribution in [0.4, 0.5) is 30.4 Å². The van der Waals surface area contributed by atoms with Crippen LogP contribution in [0.2, 0.25) is 5.02 Å². The highest BCUT2D eigenvalue weighted by Gasteiger charge is 2.49. The number of aryl methyl sites for hydroxylation is 1. The zero-order valence-corrected chi connectivity index (χ0v) is 23.0. The first-order chi connectivity index (χ1) is 18.9. The Morgan fingerprint density at radius 1 is 1.18 bits per heavy atom. The summed E-state index contributed by atoms with van der Waals surface area (Å²) < 4.78 is 46.2. The average molecular weight is 582 g/mol. The molecule has 5 rings (SSSR count). The molecule has 1 aromatic heterocycles. The van der Waals surface area contributed by atoms with Crippen molar-refractivity contribution < 1.29 is 32.6 Å². The number of carbonyl (C=O) groups excluding carboxylic acids is 2. The molecule has 216 valence electrons. The zero-order chi connectivity index (χ0) is 28.8. The lowest BCUT2D eigenvalue weighted by Gasteiger charge is -2.40. The highest BCUT2D eigenvalue weighted by molar-refractivity contribution is 6.34. The molecule has 0 saturated carbocycles. The predicted octanol–water partition coefficient (Wildman–Crippen LogP) is 2.96. The van der Waals surface area contributed by atoms with Crippen molar-refractivity contribution in [2.75, 3.05) is 67.7 Å². The van der Waals surface area contributed by atoms with Gasteiger partial charge in [-0.05, 0) is 31.2 Å². The predicted molar refractivity (Wildman–Crippen MR) is 144 cm³/mol. The van der Waals surface area contributed by atoms with Crippen molar-refractivity contribution in [3.05, 3.63) is 46.6 Å². The van der Waals surface area contributed by atoms with E-state index in [9.17, 15) is 27.9 Å². The Morgan fingerprint density at radius 2 is 1.90 bits per heavy atom. The van der Waals surface area contributed by atoms with E-state index in [4.69, 9.17) is 16.3 Å². The number of aliphatic hydroxyl groups is 1. The molecule has 9 nitrogen and oxygen atoms in total. The number of likely N-dealkylation sites (N-methyl/N-ethyl adjacent to an activating group) is 1. The number of ether oxygens (including phenoxy) is 1. The number of para-hydroxylation sites is 1. The molecule has 1 N–H and O–H groups in total. The molecule has 0 aliphatic carbocycles. The summed E-state index contributed by atoms with van der Waals surface area (Å²) in [5.74, 6) is -1.74. The highest BCUT2D eigenvalue weighted by atomic mass is 35.5. The Hall–Kier alpha value is -2.93. The Morgan fingerprint density at radius 3 is 2.60 bits per heavy atom. The van der Waals surface area contributed by atoms with Crippen LogP contribution in [0.5, 0.6) is 0 Å². The molecule has 1 aromatic carbocycles. The van der Waals surface area contributed by atoms with Crippen molar-refractivity contribution in [2.24, 2.45) is 5.92 Å². The summed E-state index contributed by atoms with van der Waals surface area (Å²) in [6.07, 6.45) is -5.49. The van der Waals surface area contributed by atoms with E-state index in [2.05, 4.69) is 9.88 Å². The lowest BCUT2D eigenvalue weighted by atomic mass is 9.95. The molecule has 2 aromatic rings. The van der Waals surface area contributed by atoms with E-state index in [1.807, 2.05) is 4.90 Å². The number of halogens is 4. The van der Waals surface area contributed by atoms with Gasteiger partial charge < -0.3 is 19.6 Å². The summed E-state index contributed by atoms with van der Waals surface area (Å²) in [5, 5.41) is 11.4. The molecular weight excluding hydrogens is 551 g/mol. The van der Waals surface area contributed by atoms with Crippen molar-refractivity contribution in [3.63, 3.8) is 0 Å². The molecule has 3 aliphatic rings. The van der Waals surface area contributed by atoms with Crippen molar-refractivity contribution in [1.29, 1.82) is 0 Å². The zero-order valence-electron chi connectivity index (χ0n) is 22.2. The van der Waals surface area contributed by atoms with E-state index >= 15 is 0 Å². The number of benzene rings is 1. The number of alkyl halides is 3. The van der Waals surface area contributed by atoms with Gasteiger partial charge in [-0.25, -0.2) is 4.98 Å². The Bertz CT molecular complexity index is 1290. The second-order valence-corrected chi connectivity index (χ2v) is 10.9. The number of aromatic nitrogens is 1. The number of carbonyl (C=O) groups is 2. The van der Waals surface area contributed by atoms with Crippen LogP contribution in [0.1, 0.15) is 17.7 Å². The molecule has 2 amide bonds. The van der Waals surface area contributed by atoms with Gasteiger partial charge in [0, 0.05) is 57.8 Å². The number of amides is 2. The first-order valence-electron chi connectivity index (χ1n) is 13.1. The Labute approximate surface area is 235 Å². The van der Waals surface area contributed by atoms with Gasteiger partial charge in [-0.15, -0.1) is 0 Å². The maximum atomic E-state index is 13.9. The number of pyridine rings is 1. The molecule has 0 radical (unpaired) electrons. The third-order valence-corrected chi connectivity index (χ3v) is 7.93. The fourth-order valence-electron chi connectivity index (χ4n) is 5.82. The van der Waals surface area contributed by atoms with E-state index in [0.717, 1.165) is 17.0 Å². The van der Waals surface area contributed by atoms with Crippen LogP contribution >= 0.6 is 11.6 Å². The Kier molecular flexibility index (Phi) is 7.97. The van der Waals surface area contributed by atoms with Gasteiger partial charge in [0.1, 0.15) is 11.9 Å². The molecule has 0 spiro atoms. The first kappa shape index (κ1) is 28.6. The smallest absolute Gasteiger partial charge is 0.390 e. The molecule has 2 saturated heterocycles. The number of hydrogen-bond acceptors (Lipinski definition) is 7. The second kappa shape index (κ2) is 11.2. The van der Waals surface area contributed by atoms with Gasteiger partial charge in [-0.1, -0.05) is 17.7 Å². The third-order valence-electron chi connectivity index (χ3n) is 7.63. The molecule has 1 unspecified atom stereocenters. The third kappa shape index (κ3) is 5.63. The van der Waals surface area contributed by atoms with Crippen molar-refractivity contribution in [3.8, 4) is 0 Å². The minimum Gasteiger partial charge on any atom is -0.390 e. The van der Waals surface area contributed by atoms with Gasteiger partial charge in [-0.2, -0.15) is 13.2 Å². The van der Waals surface area contributed by atoms with Crippen molar-refractivity contribution in [1.82, 2.24) is 9.88 Å². The number of morpholine rings is 1. The lowest BCUT2D eigenvalue weighted by molar-refractivity contribution is -0.137. The van der Waals surface area contributed by atoms with Crippen LogP contribution in [0.15, 0.2) is 30.3 Å². The summed E-state index contributed by atoms with van der Waals surface area (Å²) in [6.45, 7) is 4.74. The van der Waals surface area contributed by atoms with Crippen LogP contribution in [0.3, 0.4) is 0 Å². The van der Waals surface area contributed by atoms with E-state index < -0.39 is 41.6 Å². The monoisotopic (exact) mass is 581 g/mol. The number of β-amino-alcohol motifs (C(OH)–C–C–N with tert-alkyl or cyclic N) is 1. The number of rotatable bonds is 5. The molecule has 13 heteroatoms. The maximum Gasteiger partial charge on any atom is 0.416 e. The SMILES string of the molecule is Cc1cc(C(F)(F)F)cc(N2C(=O)C[C@@H]3CN(CC(O)CN4CCOCC4)c4c(Cl)cccc4N(C)C(=O)[C@H]32)n1. The normalized spacial score (nSPS) is 23.1. The van der Waals surface area contributed by atoms with Gasteiger partial charge in [-0.3, -0.25) is 19.4 Å². The number of anilines is 3. The number of aliphatic hydroxyl groups excluding tert-OH is 1. The summed E-state index contributed by atoms with van der Waals surface area (Å²) >= 11 is 6.64.